The molecule has 1 saturated carbocycles. The van der Waals surface area contributed by atoms with E-state index in [0.717, 1.165) is 37.7 Å². The molecule has 1 atom stereocenters. The molecule has 2 aromatic rings. The predicted octanol–water partition coefficient (Wildman–Crippen LogP) is 6.14. The van der Waals surface area contributed by atoms with E-state index in [2.05, 4.69) is 12.2 Å². The summed E-state index contributed by atoms with van der Waals surface area (Å²) in [5.74, 6) is 0.877. The van der Waals surface area contributed by atoms with E-state index in [1.54, 1.807) is 25.3 Å². The van der Waals surface area contributed by atoms with Crippen molar-refractivity contribution in [3.63, 3.8) is 0 Å². The second-order valence-electron chi connectivity index (χ2n) is 9.37. The van der Waals surface area contributed by atoms with Gasteiger partial charge in [-0.2, -0.15) is 0 Å². The van der Waals surface area contributed by atoms with Crippen LogP contribution in [-0.2, 0) is 16.1 Å². The van der Waals surface area contributed by atoms with Crippen molar-refractivity contribution in [1.29, 1.82) is 0 Å². The van der Waals surface area contributed by atoms with Gasteiger partial charge in [-0.3, -0.25) is 9.59 Å². The van der Waals surface area contributed by atoms with Crippen molar-refractivity contribution >= 4 is 35.0 Å². The SMILES string of the molecule is CCCOc1ccc([C@@H](C(=O)NC2CCC(C)CC2)N(Cc2ccccc2Cl)C(=O)CCl)cc1OC. The monoisotopic (exact) mass is 534 g/mol. The molecule has 0 aliphatic heterocycles. The largest absolute Gasteiger partial charge is 0.493 e. The van der Waals surface area contributed by atoms with E-state index in [0.29, 0.717) is 34.6 Å². The number of ether oxygens (including phenoxy) is 2. The molecule has 8 heteroatoms. The van der Waals surface area contributed by atoms with Gasteiger partial charge in [0, 0.05) is 17.6 Å². The number of nitrogens with zero attached hydrogens (tertiary/aromatic N) is 1. The second-order valence-corrected chi connectivity index (χ2v) is 10.0. The smallest absolute Gasteiger partial charge is 0.247 e. The van der Waals surface area contributed by atoms with Gasteiger partial charge in [0.2, 0.25) is 11.8 Å². The number of methoxy groups -OCH3 is 1. The van der Waals surface area contributed by atoms with Crippen LogP contribution in [0, 0.1) is 5.92 Å². The number of nitrogens with one attached hydrogen (secondary N) is 1. The number of hydrogen-bond acceptors (Lipinski definition) is 4. The molecule has 196 valence electrons. The van der Waals surface area contributed by atoms with Crippen molar-refractivity contribution in [2.75, 3.05) is 19.6 Å². The fourth-order valence-corrected chi connectivity index (χ4v) is 4.90. The van der Waals surface area contributed by atoms with Crippen molar-refractivity contribution < 1.29 is 19.1 Å². The van der Waals surface area contributed by atoms with Gasteiger partial charge >= 0.3 is 0 Å². The summed E-state index contributed by atoms with van der Waals surface area (Å²) >= 11 is 12.5. The number of benzene rings is 2. The highest BCUT2D eigenvalue weighted by atomic mass is 35.5. The van der Waals surface area contributed by atoms with Gasteiger partial charge in [0.25, 0.3) is 0 Å². The van der Waals surface area contributed by atoms with Crippen LogP contribution in [0.2, 0.25) is 5.02 Å². The number of alkyl halides is 1. The Hall–Kier alpha value is -2.44. The molecule has 0 heterocycles. The number of hydrogen-bond donors (Lipinski definition) is 1. The molecule has 3 rings (SSSR count). The summed E-state index contributed by atoms with van der Waals surface area (Å²) in [4.78, 5) is 28.5. The molecule has 0 radical (unpaired) electrons. The van der Waals surface area contributed by atoms with Crippen LogP contribution in [0.1, 0.15) is 63.1 Å². The summed E-state index contributed by atoms with van der Waals surface area (Å²) in [6, 6.07) is 11.8. The first-order valence-electron chi connectivity index (χ1n) is 12.6. The minimum atomic E-state index is -0.916. The molecule has 1 fully saturated rings. The lowest BCUT2D eigenvalue weighted by atomic mass is 9.87. The Morgan fingerprint density at radius 3 is 2.47 bits per heavy atom. The Balaban J connectivity index is 2.00. The van der Waals surface area contributed by atoms with Crippen LogP contribution in [0.3, 0.4) is 0 Å². The summed E-state index contributed by atoms with van der Waals surface area (Å²) < 4.78 is 11.4. The van der Waals surface area contributed by atoms with E-state index in [1.165, 1.54) is 4.90 Å². The summed E-state index contributed by atoms with van der Waals surface area (Å²) in [5.41, 5.74) is 1.35. The Kier molecular flexibility index (Phi) is 10.7. The van der Waals surface area contributed by atoms with Gasteiger partial charge < -0.3 is 19.7 Å². The molecule has 1 aliphatic rings. The highest BCUT2D eigenvalue weighted by molar-refractivity contribution is 6.31. The molecule has 0 saturated heterocycles. The molecule has 6 nitrogen and oxygen atoms in total. The molecule has 36 heavy (non-hydrogen) atoms. The van der Waals surface area contributed by atoms with Crippen LogP contribution in [0.25, 0.3) is 0 Å². The topological polar surface area (TPSA) is 67.9 Å². The fourth-order valence-electron chi connectivity index (χ4n) is 4.55. The third-order valence-electron chi connectivity index (χ3n) is 6.62. The predicted molar refractivity (Wildman–Crippen MR) is 144 cm³/mol. The number of carbonyl (C=O) groups is 2. The van der Waals surface area contributed by atoms with Crippen molar-refractivity contribution in [2.45, 2.75) is 64.6 Å². The first kappa shape index (κ1) is 28.1. The van der Waals surface area contributed by atoms with E-state index < -0.39 is 6.04 Å². The van der Waals surface area contributed by atoms with E-state index in [4.69, 9.17) is 32.7 Å². The zero-order chi connectivity index (χ0) is 26.1. The Morgan fingerprint density at radius 1 is 1.11 bits per heavy atom. The molecule has 2 aromatic carbocycles. The zero-order valence-corrected chi connectivity index (χ0v) is 22.8. The van der Waals surface area contributed by atoms with Crippen molar-refractivity contribution in [1.82, 2.24) is 10.2 Å². The lowest BCUT2D eigenvalue weighted by molar-refractivity contribution is -0.140. The lowest BCUT2D eigenvalue weighted by Crippen LogP contribution is -2.47. The molecule has 0 unspecified atom stereocenters. The fraction of sp³-hybridized carbons (Fsp3) is 0.500. The standard InChI is InChI=1S/C28H36Cl2N2O4/c1-4-15-36-24-14-11-20(16-25(24)35-3)27(28(34)31-22-12-9-19(2)10-13-22)32(26(33)17-29)18-21-7-5-6-8-23(21)30/h5-8,11,14,16,19,22,27H,4,9-10,12-13,15,17-18H2,1-3H3,(H,31,34)/t19?,22?,27-/m0/s1. The van der Waals surface area contributed by atoms with Crippen LogP contribution >= 0.6 is 23.2 Å². The average molecular weight is 536 g/mol. The van der Waals surface area contributed by atoms with Crippen LogP contribution in [0.15, 0.2) is 42.5 Å². The van der Waals surface area contributed by atoms with Gasteiger partial charge in [-0.05, 0) is 67.3 Å². The second kappa shape index (κ2) is 13.8. The summed E-state index contributed by atoms with van der Waals surface area (Å²) in [7, 11) is 1.56. The minimum absolute atomic E-state index is 0.0681. The number of amides is 2. The van der Waals surface area contributed by atoms with Gasteiger partial charge in [-0.25, -0.2) is 0 Å². The summed E-state index contributed by atoms with van der Waals surface area (Å²) in [6.07, 6.45) is 4.82. The molecular weight excluding hydrogens is 499 g/mol. The van der Waals surface area contributed by atoms with E-state index in [-0.39, 0.29) is 30.3 Å². The van der Waals surface area contributed by atoms with Gasteiger partial charge in [-0.15, -0.1) is 11.6 Å². The van der Waals surface area contributed by atoms with E-state index >= 15 is 0 Å². The van der Waals surface area contributed by atoms with Crippen LogP contribution < -0.4 is 14.8 Å². The molecule has 0 aromatic heterocycles. The Labute approximate surface area is 224 Å². The normalized spacial score (nSPS) is 18.2. The molecule has 0 bridgehead atoms. The maximum Gasteiger partial charge on any atom is 0.247 e. The molecular formula is C28H36Cl2N2O4. The highest BCUT2D eigenvalue weighted by Crippen LogP contribution is 2.34. The van der Waals surface area contributed by atoms with Crippen LogP contribution in [-0.4, -0.2) is 42.4 Å². The number of carbonyl (C=O) groups excluding carboxylic acids is 2. The van der Waals surface area contributed by atoms with Gasteiger partial charge in [-0.1, -0.05) is 49.7 Å². The molecule has 1 aliphatic carbocycles. The van der Waals surface area contributed by atoms with E-state index in [1.807, 2.05) is 31.2 Å². The maximum absolute atomic E-state index is 13.8. The molecule has 0 spiro atoms. The summed E-state index contributed by atoms with van der Waals surface area (Å²) in [5, 5.41) is 3.72. The van der Waals surface area contributed by atoms with Gasteiger partial charge in [0.1, 0.15) is 11.9 Å². The van der Waals surface area contributed by atoms with Gasteiger partial charge in [0.15, 0.2) is 11.5 Å². The van der Waals surface area contributed by atoms with Crippen molar-refractivity contribution in [3.8, 4) is 11.5 Å². The molecule has 2 amide bonds. The highest BCUT2D eigenvalue weighted by Gasteiger charge is 2.34. The third-order valence-corrected chi connectivity index (χ3v) is 7.22. The van der Waals surface area contributed by atoms with Crippen molar-refractivity contribution in [3.05, 3.63) is 58.6 Å². The van der Waals surface area contributed by atoms with Crippen molar-refractivity contribution in [2.24, 2.45) is 5.92 Å². The lowest BCUT2D eigenvalue weighted by Gasteiger charge is -2.34. The van der Waals surface area contributed by atoms with E-state index in [9.17, 15) is 9.59 Å². The zero-order valence-electron chi connectivity index (χ0n) is 21.3. The number of rotatable bonds is 11. The first-order chi connectivity index (χ1) is 17.4. The first-order valence-corrected chi connectivity index (χ1v) is 13.5. The maximum atomic E-state index is 13.8. The van der Waals surface area contributed by atoms with Crippen LogP contribution in [0.4, 0.5) is 0 Å². The number of halogens is 2. The third kappa shape index (κ3) is 7.30. The summed E-state index contributed by atoms with van der Waals surface area (Å²) in [6.45, 7) is 4.95. The Morgan fingerprint density at radius 2 is 1.83 bits per heavy atom. The minimum Gasteiger partial charge on any atom is -0.493 e. The molecule has 1 N–H and O–H groups in total. The van der Waals surface area contributed by atoms with Gasteiger partial charge in [0.05, 0.1) is 13.7 Å². The Bertz CT molecular complexity index is 1020. The average Bonchev–Trinajstić information content (AvgIpc) is 2.89. The van der Waals surface area contributed by atoms with Crippen LogP contribution in [0.5, 0.6) is 11.5 Å². The quantitative estimate of drug-likeness (QED) is 0.351.